The van der Waals surface area contributed by atoms with Crippen molar-refractivity contribution >= 4 is 6.29 Å². The average Bonchev–Trinajstić information content (AvgIpc) is 1.75. The fourth-order valence-corrected chi connectivity index (χ4v) is 1.03. The number of hydrogen-bond acceptors (Lipinski definition) is 3. The van der Waals surface area contributed by atoms with E-state index in [-0.39, 0.29) is 54.0 Å². The summed E-state index contributed by atoms with van der Waals surface area (Å²) in [4.78, 5) is 11.0. The third-order valence-electron chi connectivity index (χ3n) is 1.53. The summed E-state index contributed by atoms with van der Waals surface area (Å²) in [6.07, 6.45) is -2.49. The smallest absolute Gasteiger partial charge is 0.870 e. The second kappa shape index (κ2) is 5.98. The van der Waals surface area contributed by atoms with Crippen molar-refractivity contribution in [3.63, 3.8) is 0 Å². The molecule has 0 spiro atoms. The standard InChI is InChI=1S/C6H7F3NO.Na.H2O/c7-6(8,9)4-10-1-5(2-10)3-11;;/h5H,1-2,4H2;;1H2/q-1;+1;/p-1. The summed E-state index contributed by atoms with van der Waals surface area (Å²) in [5.74, 6) is -0.308. The zero-order valence-electron chi connectivity index (χ0n) is 7.14. The quantitative estimate of drug-likeness (QED) is 0.368. The molecule has 0 saturated carbocycles. The summed E-state index contributed by atoms with van der Waals surface area (Å²) in [7, 11) is 0. The molecule has 72 valence electrons. The first-order valence-corrected chi connectivity index (χ1v) is 3.18. The maximum absolute atomic E-state index is 11.6. The third kappa shape index (κ3) is 5.64. The van der Waals surface area contributed by atoms with E-state index in [2.05, 4.69) is 0 Å². The Kier molecular flexibility index (Phi) is 7.28. The minimum atomic E-state index is -4.14. The number of carbonyl (C=O) groups excluding carboxylic acids is 1. The Morgan fingerprint density at radius 1 is 1.38 bits per heavy atom. The third-order valence-corrected chi connectivity index (χ3v) is 1.53. The Morgan fingerprint density at radius 2 is 1.85 bits per heavy atom. The van der Waals surface area contributed by atoms with E-state index in [1.54, 1.807) is 6.29 Å². The van der Waals surface area contributed by atoms with Crippen molar-refractivity contribution in [3.05, 3.63) is 0 Å². The van der Waals surface area contributed by atoms with Crippen molar-refractivity contribution in [1.82, 2.24) is 4.90 Å². The van der Waals surface area contributed by atoms with Gasteiger partial charge in [0.25, 0.3) is 0 Å². The summed E-state index contributed by atoms with van der Waals surface area (Å²) in [5.41, 5.74) is 0. The number of alkyl halides is 3. The van der Waals surface area contributed by atoms with Crippen LogP contribution in [0.3, 0.4) is 0 Å². The van der Waals surface area contributed by atoms with Gasteiger partial charge in [0.1, 0.15) is 0 Å². The molecule has 0 bridgehead atoms. The summed E-state index contributed by atoms with van der Waals surface area (Å²) in [5, 5.41) is 0. The van der Waals surface area contributed by atoms with E-state index in [4.69, 9.17) is 0 Å². The van der Waals surface area contributed by atoms with Gasteiger partial charge in [0.2, 0.25) is 0 Å². The second-order valence-corrected chi connectivity index (χ2v) is 2.62. The van der Waals surface area contributed by atoms with Gasteiger partial charge in [-0.25, -0.2) is 0 Å². The molecule has 1 rings (SSSR count). The largest absolute Gasteiger partial charge is 1.00 e. The summed E-state index contributed by atoms with van der Waals surface area (Å²) in [6, 6.07) is 0. The Morgan fingerprint density at radius 3 is 2.15 bits per heavy atom. The normalized spacial score (nSPS) is 18.1. The minimum absolute atomic E-state index is 0. The number of rotatable bonds is 2. The monoisotopic (exact) mass is 206 g/mol. The molecule has 1 fully saturated rings. The zero-order chi connectivity index (χ0) is 8.48. The Bertz CT molecular complexity index is 158. The van der Waals surface area contributed by atoms with Gasteiger partial charge in [-0.1, -0.05) is 0 Å². The van der Waals surface area contributed by atoms with Crippen molar-refractivity contribution < 1.29 is 53.0 Å². The van der Waals surface area contributed by atoms with Crippen LogP contribution in [-0.2, 0) is 4.79 Å². The Hall–Kier alpha value is 0.380. The molecular formula is C6H8F3NNaO2-. The predicted molar refractivity (Wildman–Crippen MR) is 33.6 cm³/mol. The molecule has 1 aliphatic heterocycles. The van der Waals surface area contributed by atoms with Gasteiger partial charge in [-0.3, -0.25) is 11.2 Å². The van der Waals surface area contributed by atoms with Gasteiger partial charge in [0.15, 0.2) is 0 Å². The second-order valence-electron chi connectivity index (χ2n) is 2.62. The predicted octanol–water partition coefficient (Wildman–Crippen LogP) is -2.58. The van der Waals surface area contributed by atoms with Crippen LogP contribution >= 0.6 is 0 Å². The molecule has 1 N–H and O–H groups in total. The molecule has 7 heteroatoms. The van der Waals surface area contributed by atoms with E-state index >= 15 is 0 Å². The molecule has 3 nitrogen and oxygen atoms in total. The first-order chi connectivity index (χ1) is 5.01. The Balaban J connectivity index is 0. The van der Waals surface area contributed by atoms with E-state index in [1.807, 2.05) is 0 Å². The van der Waals surface area contributed by atoms with Crippen molar-refractivity contribution in [1.29, 1.82) is 0 Å². The number of nitrogens with zero attached hydrogens (tertiary/aromatic N) is 1. The minimum Gasteiger partial charge on any atom is -0.870 e. The number of halogens is 3. The van der Waals surface area contributed by atoms with Crippen LogP contribution in [-0.4, -0.2) is 42.5 Å². The van der Waals surface area contributed by atoms with E-state index < -0.39 is 12.7 Å². The van der Waals surface area contributed by atoms with Crippen LogP contribution in [0.15, 0.2) is 0 Å². The fraction of sp³-hybridized carbons (Fsp3) is 0.833. The summed E-state index contributed by atoms with van der Waals surface area (Å²) >= 11 is 0. The number of hydrogen-bond donors (Lipinski definition) is 0. The van der Waals surface area contributed by atoms with Crippen LogP contribution in [0.5, 0.6) is 0 Å². The zero-order valence-corrected chi connectivity index (χ0v) is 9.14. The summed E-state index contributed by atoms with van der Waals surface area (Å²) < 4.78 is 34.9. The van der Waals surface area contributed by atoms with Gasteiger partial charge in [-0.15, -0.1) is 5.92 Å². The van der Waals surface area contributed by atoms with E-state index in [0.717, 1.165) is 0 Å². The summed E-state index contributed by atoms with van der Waals surface area (Å²) in [6.45, 7) is -0.517. The van der Waals surface area contributed by atoms with Crippen LogP contribution in [0.1, 0.15) is 0 Å². The van der Waals surface area contributed by atoms with Crippen LogP contribution in [0.25, 0.3) is 0 Å². The molecule has 1 heterocycles. The van der Waals surface area contributed by atoms with E-state index in [0.29, 0.717) is 0 Å². The van der Waals surface area contributed by atoms with Gasteiger partial charge in [-0.05, 0) is 13.1 Å². The van der Waals surface area contributed by atoms with Gasteiger partial charge in [0, 0.05) is 0 Å². The van der Waals surface area contributed by atoms with Gasteiger partial charge in [0.05, 0.1) is 6.54 Å². The van der Waals surface area contributed by atoms with Crippen LogP contribution in [0, 0.1) is 5.92 Å². The van der Waals surface area contributed by atoms with E-state index in [9.17, 15) is 18.0 Å². The van der Waals surface area contributed by atoms with Crippen molar-refractivity contribution in [2.75, 3.05) is 19.6 Å². The molecule has 0 amide bonds. The first-order valence-electron chi connectivity index (χ1n) is 3.18. The molecule has 1 aliphatic rings. The molecule has 0 aromatic heterocycles. The van der Waals surface area contributed by atoms with Gasteiger partial charge >= 0.3 is 35.7 Å². The average molecular weight is 206 g/mol. The van der Waals surface area contributed by atoms with Crippen molar-refractivity contribution in [2.24, 2.45) is 5.92 Å². The molecule has 0 aromatic carbocycles. The SMILES string of the molecule is O=[C-]C1CN(CC(F)(F)F)C1.[Na+].[OH-]. The first kappa shape index (κ1) is 15.8. The number of likely N-dealkylation sites (tertiary alicyclic amines) is 1. The molecule has 0 radical (unpaired) electrons. The van der Waals surface area contributed by atoms with Crippen molar-refractivity contribution in [3.8, 4) is 0 Å². The van der Waals surface area contributed by atoms with E-state index in [1.165, 1.54) is 4.90 Å². The van der Waals surface area contributed by atoms with Gasteiger partial charge in [-0.2, -0.15) is 13.2 Å². The topological polar surface area (TPSA) is 50.3 Å². The molecule has 0 aromatic rings. The van der Waals surface area contributed by atoms with Gasteiger partial charge < -0.3 is 10.3 Å². The molecule has 0 unspecified atom stereocenters. The molecule has 0 aliphatic carbocycles. The fourth-order valence-electron chi connectivity index (χ4n) is 1.03. The molecule has 13 heavy (non-hydrogen) atoms. The maximum atomic E-state index is 11.6. The Labute approximate surface area is 95.9 Å². The molecule has 0 atom stereocenters. The van der Waals surface area contributed by atoms with Crippen LogP contribution in [0.4, 0.5) is 13.2 Å². The maximum Gasteiger partial charge on any atom is 1.00 e. The van der Waals surface area contributed by atoms with Crippen LogP contribution in [0.2, 0.25) is 0 Å². The molecule has 1 saturated heterocycles. The van der Waals surface area contributed by atoms with Crippen LogP contribution < -0.4 is 29.6 Å². The van der Waals surface area contributed by atoms with Crippen molar-refractivity contribution in [2.45, 2.75) is 6.18 Å². The molecular weight excluding hydrogens is 198 g/mol.